The Balaban J connectivity index is 3.00. The van der Waals surface area contributed by atoms with Gasteiger partial charge in [-0.25, -0.2) is 9.59 Å². The number of aromatic amines is 1. The number of nitrogens with two attached hydrogens (primary N) is 1. The van der Waals surface area contributed by atoms with Crippen molar-refractivity contribution in [3.8, 4) is 22.6 Å². The number of methoxy groups -OCH3 is 1. The average Bonchev–Trinajstić information content (AvgIpc) is 2.57. The number of carbonyl (C=O) groups is 2. The highest BCUT2D eigenvalue weighted by atomic mass is 16.5. The third kappa shape index (κ3) is 3.22. The molecule has 0 saturated heterocycles. The molecule has 2 aromatic rings. The van der Waals surface area contributed by atoms with Crippen molar-refractivity contribution >= 4 is 17.8 Å². The predicted octanol–water partition coefficient (Wildman–Crippen LogP) is 1.59. The van der Waals surface area contributed by atoms with Crippen molar-refractivity contribution in [3.05, 3.63) is 52.3 Å². The number of carboxylic acids is 2. The standard InChI is InChI=1S/C17H16N2O7/c1-3-7-26-13-8(5-4-6-9(13)25-2)10-11(16(21)22)14(18)19-15(20)12(10)17(23)24/h3-6H,1,7H2,2H3,(H,21,22)(H,23,24)(H3,18,19,20). The van der Waals surface area contributed by atoms with Crippen LogP contribution in [0.25, 0.3) is 11.1 Å². The summed E-state index contributed by atoms with van der Waals surface area (Å²) in [4.78, 5) is 37.5. The third-order valence-corrected chi connectivity index (χ3v) is 3.49. The van der Waals surface area contributed by atoms with E-state index in [9.17, 15) is 24.6 Å². The summed E-state index contributed by atoms with van der Waals surface area (Å²) in [5, 5.41) is 19.0. The molecule has 2 rings (SSSR count). The van der Waals surface area contributed by atoms with Gasteiger partial charge in [0.1, 0.15) is 23.6 Å². The minimum atomic E-state index is -1.61. The van der Waals surface area contributed by atoms with E-state index in [0.29, 0.717) is 0 Å². The molecule has 0 amide bonds. The number of aromatic carboxylic acids is 2. The van der Waals surface area contributed by atoms with Gasteiger partial charge in [0.15, 0.2) is 11.5 Å². The Hall–Kier alpha value is -3.75. The Bertz CT molecular complexity index is 947. The summed E-state index contributed by atoms with van der Waals surface area (Å²) in [6, 6.07) is 4.46. The normalized spacial score (nSPS) is 10.2. The number of nitrogens with one attached hydrogen (secondary N) is 1. The summed E-state index contributed by atoms with van der Waals surface area (Å²) in [5.41, 5.74) is 2.94. The lowest BCUT2D eigenvalue weighted by atomic mass is 9.94. The summed E-state index contributed by atoms with van der Waals surface area (Å²) in [5.74, 6) is -3.31. The lowest BCUT2D eigenvalue weighted by molar-refractivity contribution is 0.0695. The molecule has 0 atom stereocenters. The molecular weight excluding hydrogens is 344 g/mol. The number of anilines is 1. The predicted molar refractivity (Wildman–Crippen MR) is 93.1 cm³/mol. The molecule has 0 bridgehead atoms. The van der Waals surface area contributed by atoms with Crippen LogP contribution in [0.1, 0.15) is 20.7 Å². The highest BCUT2D eigenvalue weighted by molar-refractivity contribution is 6.08. The molecule has 0 aliphatic carbocycles. The molecule has 5 N–H and O–H groups in total. The zero-order chi connectivity index (χ0) is 19.4. The van der Waals surface area contributed by atoms with E-state index in [1.165, 1.54) is 25.3 Å². The Labute approximate surface area is 147 Å². The average molecular weight is 360 g/mol. The van der Waals surface area contributed by atoms with Crippen molar-refractivity contribution in [2.45, 2.75) is 0 Å². The molecule has 0 fully saturated rings. The van der Waals surface area contributed by atoms with E-state index >= 15 is 0 Å². The van der Waals surface area contributed by atoms with Crippen molar-refractivity contribution in [1.29, 1.82) is 0 Å². The van der Waals surface area contributed by atoms with E-state index < -0.39 is 34.4 Å². The van der Waals surface area contributed by atoms with Gasteiger partial charge in [0.2, 0.25) is 0 Å². The Morgan fingerprint density at radius 2 is 1.92 bits per heavy atom. The Morgan fingerprint density at radius 3 is 2.46 bits per heavy atom. The summed E-state index contributed by atoms with van der Waals surface area (Å²) < 4.78 is 10.7. The molecule has 0 saturated carbocycles. The number of ether oxygens (including phenoxy) is 2. The number of H-pyrrole nitrogens is 1. The quantitative estimate of drug-likeness (QED) is 0.543. The van der Waals surface area contributed by atoms with Gasteiger partial charge in [-0.3, -0.25) is 4.79 Å². The summed E-state index contributed by atoms with van der Waals surface area (Å²) in [7, 11) is 1.36. The van der Waals surface area contributed by atoms with Crippen LogP contribution in [0.2, 0.25) is 0 Å². The van der Waals surface area contributed by atoms with Gasteiger partial charge in [-0.15, -0.1) is 0 Å². The van der Waals surface area contributed by atoms with Crippen LogP contribution < -0.4 is 20.8 Å². The molecule has 9 heteroatoms. The second-order valence-electron chi connectivity index (χ2n) is 5.04. The highest BCUT2D eigenvalue weighted by Gasteiger charge is 2.29. The molecule has 0 unspecified atom stereocenters. The molecule has 0 radical (unpaired) electrons. The number of nitrogen functional groups attached to an aromatic ring is 1. The van der Waals surface area contributed by atoms with Crippen LogP contribution in [0.15, 0.2) is 35.6 Å². The molecule has 136 valence electrons. The fraction of sp³-hybridized carbons (Fsp3) is 0.118. The topological polar surface area (TPSA) is 152 Å². The number of pyridine rings is 1. The summed E-state index contributed by atoms with van der Waals surface area (Å²) in [6.45, 7) is 3.56. The highest BCUT2D eigenvalue weighted by Crippen LogP contribution is 2.41. The smallest absolute Gasteiger partial charge is 0.342 e. The van der Waals surface area contributed by atoms with Gasteiger partial charge in [-0.05, 0) is 6.07 Å². The number of benzene rings is 1. The van der Waals surface area contributed by atoms with Crippen molar-refractivity contribution in [2.75, 3.05) is 19.5 Å². The fourth-order valence-electron chi connectivity index (χ4n) is 2.48. The molecular formula is C17H16N2O7. The minimum absolute atomic E-state index is 0.0385. The number of hydrogen-bond donors (Lipinski definition) is 4. The third-order valence-electron chi connectivity index (χ3n) is 3.49. The fourth-order valence-corrected chi connectivity index (χ4v) is 2.48. The first-order valence-corrected chi connectivity index (χ1v) is 7.26. The zero-order valence-corrected chi connectivity index (χ0v) is 13.7. The van der Waals surface area contributed by atoms with E-state index in [-0.39, 0.29) is 29.2 Å². The number of aromatic nitrogens is 1. The zero-order valence-electron chi connectivity index (χ0n) is 13.7. The van der Waals surface area contributed by atoms with Gasteiger partial charge in [0.25, 0.3) is 5.56 Å². The molecule has 0 aliphatic heterocycles. The van der Waals surface area contributed by atoms with Gasteiger partial charge in [-0.2, -0.15) is 0 Å². The molecule has 0 aliphatic rings. The van der Waals surface area contributed by atoms with E-state index in [2.05, 4.69) is 6.58 Å². The van der Waals surface area contributed by atoms with Gasteiger partial charge in [0, 0.05) is 11.1 Å². The number of hydrogen-bond acceptors (Lipinski definition) is 6. The first-order valence-electron chi connectivity index (χ1n) is 7.26. The van der Waals surface area contributed by atoms with Crippen LogP contribution in [0.3, 0.4) is 0 Å². The summed E-state index contributed by atoms with van der Waals surface area (Å²) >= 11 is 0. The van der Waals surface area contributed by atoms with Crippen molar-refractivity contribution < 1.29 is 29.3 Å². The maximum atomic E-state index is 12.1. The van der Waals surface area contributed by atoms with Crippen molar-refractivity contribution in [2.24, 2.45) is 0 Å². The van der Waals surface area contributed by atoms with Gasteiger partial charge >= 0.3 is 11.9 Å². The van der Waals surface area contributed by atoms with Crippen molar-refractivity contribution in [1.82, 2.24) is 4.98 Å². The van der Waals surface area contributed by atoms with Crippen LogP contribution in [0.4, 0.5) is 5.82 Å². The monoisotopic (exact) mass is 360 g/mol. The Kier molecular flexibility index (Phi) is 5.31. The molecule has 1 aromatic heterocycles. The lowest BCUT2D eigenvalue weighted by Crippen LogP contribution is -2.24. The maximum Gasteiger partial charge on any atom is 0.342 e. The molecule has 9 nitrogen and oxygen atoms in total. The lowest BCUT2D eigenvalue weighted by Gasteiger charge is -2.17. The molecule has 1 heterocycles. The number of para-hydroxylation sites is 1. The van der Waals surface area contributed by atoms with Gasteiger partial charge < -0.3 is 30.4 Å². The maximum absolute atomic E-state index is 12.1. The molecule has 1 aromatic carbocycles. The first-order chi connectivity index (χ1) is 12.3. The van der Waals surface area contributed by atoms with E-state index in [4.69, 9.17) is 15.2 Å². The van der Waals surface area contributed by atoms with E-state index in [0.717, 1.165) is 0 Å². The van der Waals surface area contributed by atoms with Gasteiger partial charge in [-0.1, -0.05) is 24.8 Å². The first kappa shape index (κ1) is 18.6. The van der Waals surface area contributed by atoms with Gasteiger partial charge in [0.05, 0.1) is 7.11 Å². The Morgan fingerprint density at radius 1 is 1.27 bits per heavy atom. The number of carboxylic acid groups (broad SMARTS) is 2. The van der Waals surface area contributed by atoms with E-state index in [1.54, 1.807) is 6.07 Å². The molecule has 26 heavy (non-hydrogen) atoms. The second-order valence-corrected chi connectivity index (χ2v) is 5.04. The minimum Gasteiger partial charge on any atom is -0.493 e. The van der Waals surface area contributed by atoms with Crippen LogP contribution in [0.5, 0.6) is 11.5 Å². The van der Waals surface area contributed by atoms with Crippen LogP contribution in [0, 0.1) is 0 Å². The number of rotatable bonds is 7. The van der Waals surface area contributed by atoms with Crippen LogP contribution >= 0.6 is 0 Å². The largest absolute Gasteiger partial charge is 0.493 e. The second kappa shape index (κ2) is 7.43. The molecule has 0 spiro atoms. The van der Waals surface area contributed by atoms with Crippen LogP contribution in [-0.2, 0) is 0 Å². The van der Waals surface area contributed by atoms with E-state index in [1.807, 2.05) is 4.98 Å². The van der Waals surface area contributed by atoms with Crippen molar-refractivity contribution in [3.63, 3.8) is 0 Å². The summed E-state index contributed by atoms with van der Waals surface area (Å²) in [6.07, 6.45) is 1.44. The SMILES string of the molecule is C=CCOc1c(OC)cccc1-c1c(C(=O)O)c(N)[nH]c(=O)c1C(=O)O. The van der Waals surface area contributed by atoms with Crippen LogP contribution in [-0.4, -0.2) is 40.9 Å².